The monoisotopic (exact) mass is 487 g/mol. The summed E-state index contributed by atoms with van der Waals surface area (Å²) in [5.74, 6) is -0.653. The van der Waals surface area contributed by atoms with E-state index in [4.69, 9.17) is 21.1 Å². The summed E-state index contributed by atoms with van der Waals surface area (Å²) in [7, 11) is 0. The molecule has 2 atom stereocenters. The second-order valence-corrected chi connectivity index (χ2v) is 8.38. The van der Waals surface area contributed by atoms with Crippen molar-refractivity contribution in [3.63, 3.8) is 0 Å². The number of carboxylic acid groups (broad SMARTS) is 1. The number of benzene rings is 3. The molecule has 3 aromatic carbocycles. The molecule has 4 rings (SSSR count). The number of carbonyl (C=O) groups excluding carboxylic acids is 2. The molecular weight excluding hydrogens is 465 g/mol. The van der Waals surface area contributed by atoms with Gasteiger partial charge in [-0.25, -0.2) is 0 Å². The van der Waals surface area contributed by atoms with Gasteiger partial charge in [-0.1, -0.05) is 48.9 Å². The predicted octanol–water partition coefficient (Wildman–Crippen LogP) is 1.29. The Bertz CT molecular complexity index is 1150. The van der Waals surface area contributed by atoms with E-state index in [1.807, 2.05) is 30.3 Å². The molecule has 0 aliphatic carbocycles. The van der Waals surface area contributed by atoms with E-state index in [1.165, 1.54) is 5.56 Å². The number of nitrogens with one attached hydrogen (secondary N) is 1. The quantitative estimate of drug-likeness (QED) is 0.507. The number of hydrogen-bond donors (Lipinski definition) is 1. The first-order valence-electron chi connectivity index (χ1n) is 10.7. The maximum absolute atomic E-state index is 12.5. The van der Waals surface area contributed by atoms with Crippen LogP contribution < -0.4 is 49.5 Å². The van der Waals surface area contributed by atoms with E-state index in [2.05, 4.69) is 12.2 Å². The zero-order valence-corrected chi connectivity index (χ0v) is 21.8. The summed E-state index contributed by atoms with van der Waals surface area (Å²) in [6.07, 6.45) is 0.333. The first-order valence-corrected chi connectivity index (χ1v) is 11.1. The number of hydrogen-bond acceptors (Lipinski definition) is 5. The van der Waals surface area contributed by atoms with Crippen LogP contribution in [0.4, 0.5) is 0 Å². The molecule has 1 aliphatic heterocycles. The molecular formula is C26H23ClNNaO5. The molecule has 1 N–H and O–H groups in total. The number of ether oxygens (including phenoxy) is 2. The smallest absolute Gasteiger partial charge is 0.549 e. The van der Waals surface area contributed by atoms with Crippen molar-refractivity contribution < 1.29 is 53.7 Å². The van der Waals surface area contributed by atoms with Crippen LogP contribution in [0, 0.1) is 0 Å². The number of fused-ring (bicyclic) bond motifs is 1. The van der Waals surface area contributed by atoms with Crippen LogP contribution in [0.2, 0.25) is 5.02 Å². The number of amides is 1. The molecule has 0 saturated heterocycles. The fourth-order valence-electron chi connectivity index (χ4n) is 3.76. The van der Waals surface area contributed by atoms with E-state index >= 15 is 0 Å². The van der Waals surface area contributed by atoms with Gasteiger partial charge in [-0.3, -0.25) is 4.79 Å². The molecule has 34 heavy (non-hydrogen) atoms. The van der Waals surface area contributed by atoms with E-state index in [9.17, 15) is 14.7 Å². The minimum Gasteiger partial charge on any atom is -0.549 e. The minimum atomic E-state index is -1.16. The Morgan fingerprint density at radius 2 is 1.85 bits per heavy atom. The average molecular weight is 488 g/mol. The largest absolute Gasteiger partial charge is 1.00 e. The normalized spacial score (nSPS) is 15.2. The van der Waals surface area contributed by atoms with Crippen LogP contribution in [-0.4, -0.2) is 25.0 Å². The van der Waals surface area contributed by atoms with Gasteiger partial charge >= 0.3 is 29.6 Å². The molecule has 8 heteroatoms. The van der Waals surface area contributed by atoms with E-state index in [-0.39, 0.29) is 53.0 Å². The van der Waals surface area contributed by atoms with Gasteiger partial charge in [-0.15, -0.1) is 0 Å². The summed E-state index contributed by atoms with van der Waals surface area (Å²) in [6.45, 7) is 2.87. The van der Waals surface area contributed by atoms with Gasteiger partial charge in [0.15, 0.2) is 0 Å². The Labute approximate surface area is 225 Å². The van der Waals surface area contributed by atoms with Crippen molar-refractivity contribution in [1.29, 1.82) is 0 Å². The number of rotatable bonds is 7. The zero-order valence-electron chi connectivity index (χ0n) is 19.0. The maximum atomic E-state index is 12.5. The summed E-state index contributed by atoms with van der Waals surface area (Å²) in [5.41, 5.74) is 2.16. The van der Waals surface area contributed by atoms with Crippen molar-refractivity contribution in [2.24, 2.45) is 0 Å². The molecule has 0 fully saturated rings. The Morgan fingerprint density at radius 1 is 1.15 bits per heavy atom. The van der Waals surface area contributed by atoms with Crippen molar-refractivity contribution in [3.05, 3.63) is 88.4 Å². The summed E-state index contributed by atoms with van der Waals surface area (Å²) in [6, 6.07) is 19.8. The Morgan fingerprint density at radius 3 is 2.53 bits per heavy atom. The third-order valence-corrected chi connectivity index (χ3v) is 5.97. The van der Waals surface area contributed by atoms with Crippen LogP contribution in [0.15, 0.2) is 66.7 Å². The Kier molecular flexibility index (Phi) is 9.03. The molecule has 1 heterocycles. The van der Waals surface area contributed by atoms with Gasteiger partial charge in [0.1, 0.15) is 17.2 Å². The molecule has 170 valence electrons. The Balaban J connectivity index is 0.00000324. The van der Waals surface area contributed by atoms with Crippen LogP contribution >= 0.6 is 11.6 Å². The minimum absolute atomic E-state index is 0. The third kappa shape index (κ3) is 6.13. The fraction of sp³-hybridized carbons (Fsp3) is 0.231. The van der Waals surface area contributed by atoms with Gasteiger partial charge in [-0.05, 0) is 48.2 Å². The maximum Gasteiger partial charge on any atom is 1.00 e. The van der Waals surface area contributed by atoms with Crippen molar-refractivity contribution in [3.8, 4) is 17.2 Å². The second-order valence-electron chi connectivity index (χ2n) is 7.98. The van der Waals surface area contributed by atoms with Gasteiger partial charge in [0.2, 0.25) is 0 Å². The van der Waals surface area contributed by atoms with Crippen LogP contribution in [0.1, 0.15) is 46.7 Å². The standard InChI is InChI=1S/C26H24ClNO5.Na/c1-16(17-5-3-2-4-6-17)15-28-25(29)18-7-9-19(10-8-18)33-24-14-23-21(13-22(24)27)20(26(30)31)11-12-32-23;/h2-10,13-14,16,20H,11-12,15H2,1H3,(H,28,29)(H,30,31);/q;+1/p-1. The summed E-state index contributed by atoms with van der Waals surface area (Å²) >= 11 is 6.33. The van der Waals surface area contributed by atoms with E-state index in [1.54, 1.807) is 36.4 Å². The number of carboxylic acids is 1. The molecule has 0 spiro atoms. The van der Waals surface area contributed by atoms with Crippen LogP contribution in [0.5, 0.6) is 17.2 Å². The molecule has 1 amide bonds. The van der Waals surface area contributed by atoms with Gasteiger partial charge in [0.25, 0.3) is 5.91 Å². The van der Waals surface area contributed by atoms with Crippen molar-refractivity contribution in [1.82, 2.24) is 5.32 Å². The number of aliphatic carboxylic acids is 1. The average Bonchev–Trinajstić information content (AvgIpc) is 2.83. The molecule has 2 unspecified atom stereocenters. The molecule has 0 aromatic heterocycles. The van der Waals surface area contributed by atoms with Gasteiger partial charge in [0, 0.05) is 35.6 Å². The SMILES string of the molecule is CC(CNC(=O)c1ccc(Oc2cc3c(cc2Cl)C(C(=O)[O-])CCO3)cc1)c1ccccc1.[Na+]. The molecule has 0 saturated carbocycles. The summed E-state index contributed by atoms with van der Waals surface area (Å²) < 4.78 is 11.4. The molecule has 1 aliphatic rings. The zero-order chi connectivity index (χ0) is 23.4. The van der Waals surface area contributed by atoms with Crippen LogP contribution in [0.25, 0.3) is 0 Å². The first-order chi connectivity index (χ1) is 15.9. The number of halogens is 1. The first kappa shape index (κ1) is 26.1. The van der Waals surface area contributed by atoms with Crippen molar-refractivity contribution in [2.45, 2.75) is 25.2 Å². The number of carbonyl (C=O) groups is 2. The predicted molar refractivity (Wildman–Crippen MR) is 123 cm³/mol. The van der Waals surface area contributed by atoms with E-state index in [0.717, 1.165) is 0 Å². The van der Waals surface area contributed by atoms with Gasteiger partial charge < -0.3 is 24.7 Å². The second kappa shape index (κ2) is 11.8. The molecule has 3 aromatic rings. The summed E-state index contributed by atoms with van der Waals surface area (Å²) in [5, 5.41) is 14.6. The van der Waals surface area contributed by atoms with Crippen LogP contribution in [0.3, 0.4) is 0 Å². The van der Waals surface area contributed by atoms with Crippen molar-refractivity contribution >= 4 is 23.5 Å². The van der Waals surface area contributed by atoms with Crippen molar-refractivity contribution in [2.75, 3.05) is 13.2 Å². The molecule has 0 radical (unpaired) electrons. The van der Waals surface area contributed by atoms with Gasteiger partial charge in [-0.2, -0.15) is 0 Å². The summed E-state index contributed by atoms with van der Waals surface area (Å²) in [4.78, 5) is 23.9. The Hall–Kier alpha value is -2.51. The van der Waals surface area contributed by atoms with Crippen LogP contribution in [-0.2, 0) is 4.79 Å². The molecule has 0 bridgehead atoms. The topological polar surface area (TPSA) is 87.7 Å². The third-order valence-electron chi connectivity index (χ3n) is 5.67. The molecule has 6 nitrogen and oxygen atoms in total. The fourth-order valence-corrected chi connectivity index (χ4v) is 3.97. The van der Waals surface area contributed by atoms with E-state index < -0.39 is 11.9 Å². The van der Waals surface area contributed by atoms with E-state index in [0.29, 0.717) is 41.3 Å². The van der Waals surface area contributed by atoms with Gasteiger partial charge in [0.05, 0.1) is 11.6 Å².